The van der Waals surface area contributed by atoms with Crippen molar-refractivity contribution in [2.24, 2.45) is 0 Å². The molecule has 0 bridgehead atoms. The SMILES string of the molecule is CCOC(=O)c1cc2cc(/C=C/C(=O)c3ccc(C)cc3)c3ccccc3c2oc1=O. The second kappa shape index (κ2) is 8.40. The number of hydrogen-bond donors (Lipinski definition) is 0. The molecule has 0 aliphatic carbocycles. The molecule has 31 heavy (non-hydrogen) atoms. The van der Waals surface area contributed by atoms with Gasteiger partial charge >= 0.3 is 11.6 Å². The Morgan fingerprint density at radius 1 is 1.00 bits per heavy atom. The summed E-state index contributed by atoms with van der Waals surface area (Å²) in [6.07, 6.45) is 3.25. The standard InChI is InChI=1S/C26H20O5/c1-3-30-25(28)22-15-19-14-18(12-13-23(27)17-10-8-16(2)9-11-17)20-6-4-5-7-21(20)24(19)31-26(22)29/h4-15H,3H2,1-2H3/b13-12+. The van der Waals surface area contributed by atoms with Crippen LogP contribution >= 0.6 is 0 Å². The lowest BCUT2D eigenvalue weighted by Crippen LogP contribution is -2.16. The number of rotatable bonds is 5. The second-order valence-corrected chi connectivity index (χ2v) is 7.16. The van der Waals surface area contributed by atoms with Crippen molar-refractivity contribution in [2.45, 2.75) is 13.8 Å². The van der Waals surface area contributed by atoms with Crippen LogP contribution in [0.5, 0.6) is 0 Å². The van der Waals surface area contributed by atoms with Crippen LogP contribution in [-0.2, 0) is 4.74 Å². The van der Waals surface area contributed by atoms with Gasteiger partial charge in [0.2, 0.25) is 0 Å². The molecule has 0 spiro atoms. The molecule has 0 unspecified atom stereocenters. The quantitative estimate of drug-likeness (QED) is 0.146. The summed E-state index contributed by atoms with van der Waals surface area (Å²) in [5, 5.41) is 2.12. The Morgan fingerprint density at radius 2 is 1.71 bits per heavy atom. The summed E-state index contributed by atoms with van der Waals surface area (Å²) in [6.45, 7) is 3.79. The van der Waals surface area contributed by atoms with Crippen LogP contribution in [0.4, 0.5) is 0 Å². The van der Waals surface area contributed by atoms with E-state index in [2.05, 4.69) is 0 Å². The Kier molecular flexibility index (Phi) is 5.50. The minimum Gasteiger partial charge on any atom is -0.462 e. The summed E-state index contributed by atoms with van der Waals surface area (Å²) in [5.41, 5.74) is 1.94. The molecular weight excluding hydrogens is 392 g/mol. The van der Waals surface area contributed by atoms with Crippen LogP contribution in [0.2, 0.25) is 0 Å². The highest BCUT2D eigenvalue weighted by Gasteiger charge is 2.17. The lowest BCUT2D eigenvalue weighted by atomic mass is 9.99. The molecule has 0 saturated heterocycles. The van der Waals surface area contributed by atoms with E-state index in [1.54, 1.807) is 31.2 Å². The van der Waals surface area contributed by atoms with E-state index in [0.29, 0.717) is 16.5 Å². The van der Waals surface area contributed by atoms with Gasteiger partial charge in [0.25, 0.3) is 0 Å². The Balaban J connectivity index is 1.84. The fraction of sp³-hybridized carbons (Fsp3) is 0.115. The van der Waals surface area contributed by atoms with Crippen LogP contribution in [-0.4, -0.2) is 18.4 Å². The van der Waals surface area contributed by atoms with E-state index in [4.69, 9.17) is 9.15 Å². The van der Waals surface area contributed by atoms with Gasteiger partial charge in [0.15, 0.2) is 5.78 Å². The number of aryl methyl sites for hydroxylation is 1. The summed E-state index contributed by atoms with van der Waals surface area (Å²) < 4.78 is 10.4. The minimum atomic E-state index is -0.742. The van der Waals surface area contributed by atoms with Gasteiger partial charge in [-0.05, 0) is 43.0 Å². The number of ether oxygens (including phenoxy) is 1. The first-order valence-electron chi connectivity index (χ1n) is 9.93. The molecule has 4 rings (SSSR count). The van der Waals surface area contributed by atoms with Crippen molar-refractivity contribution >= 4 is 39.6 Å². The molecule has 5 heteroatoms. The molecule has 4 aromatic rings. The molecule has 1 heterocycles. The summed E-state index contributed by atoms with van der Waals surface area (Å²) in [6, 6.07) is 18.1. The number of fused-ring (bicyclic) bond motifs is 3. The van der Waals surface area contributed by atoms with E-state index >= 15 is 0 Å². The van der Waals surface area contributed by atoms with Gasteiger partial charge in [-0.25, -0.2) is 9.59 Å². The minimum absolute atomic E-state index is 0.115. The number of ketones is 1. The van der Waals surface area contributed by atoms with Crippen molar-refractivity contribution in [2.75, 3.05) is 6.61 Å². The lowest BCUT2D eigenvalue weighted by molar-refractivity contribution is 0.0521. The average Bonchev–Trinajstić information content (AvgIpc) is 2.77. The zero-order chi connectivity index (χ0) is 22.0. The summed E-state index contributed by atoms with van der Waals surface area (Å²) in [5.74, 6) is -0.839. The molecule has 0 atom stereocenters. The smallest absolute Gasteiger partial charge is 0.351 e. The van der Waals surface area contributed by atoms with Gasteiger partial charge in [0.1, 0.15) is 11.1 Å². The Labute approximate surface area is 178 Å². The average molecular weight is 412 g/mol. The molecular formula is C26H20O5. The number of benzene rings is 3. The van der Waals surface area contributed by atoms with Gasteiger partial charge in [-0.2, -0.15) is 0 Å². The van der Waals surface area contributed by atoms with Crippen LogP contribution < -0.4 is 5.63 Å². The van der Waals surface area contributed by atoms with Gasteiger partial charge in [-0.15, -0.1) is 0 Å². The van der Waals surface area contributed by atoms with Crippen molar-refractivity contribution in [3.63, 3.8) is 0 Å². The number of allylic oxidation sites excluding steroid dienone is 1. The van der Waals surface area contributed by atoms with E-state index in [9.17, 15) is 14.4 Å². The molecule has 5 nitrogen and oxygen atoms in total. The Hall–Kier alpha value is -3.99. The monoisotopic (exact) mass is 412 g/mol. The van der Waals surface area contributed by atoms with Crippen LogP contribution in [0.1, 0.15) is 38.8 Å². The van der Waals surface area contributed by atoms with Crippen molar-refractivity contribution in [3.05, 3.63) is 99.4 Å². The molecule has 0 N–H and O–H groups in total. The first kappa shape index (κ1) is 20.3. The van der Waals surface area contributed by atoms with Crippen molar-refractivity contribution in [1.29, 1.82) is 0 Å². The zero-order valence-corrected chi connectivity index (χ0v) is 17.2. The third-order valence-electron chi connectivity index (χ3n) is 5.02. The zero-order valence-electron chi connectivity index (χ0n) is 17.2. The van der Waals surface area contributed by atoms with E-state index in [-0.39, 0.29) is 18.0 Å². The van der Waals surface area contributed by atoms with Crippen molar-refractivity contribution in [3.8, 4) is 0 Å². The van der Waals surface area contributed by atoms with Crippen LogP contribution in [0.3, 0.4) is 0 Å². The first-order chi connectivity index (χ1) is 15.0. The second-order valence-electron chi connectivity index (χ2n) is 7.16. The predicted molar refractivity (Wildman–Crippen MR) is 120 cm³/mol. The van der Waals surface area contributed by atoms with Gasteiger partial charge in [0, 0.05) is 16.3 Å². The van der Waals surface area contributed by atoms with Crippen LogP contribution in [0.15, 0.2) is 76.0 Å². The fourth-order valence-corrected chi connectivity index (χ4v) is 3.45. The maximum atomic E-state index is 12.6. The predicted octanol–water partition coefficient (Wildman–Crippen LogP) is 5.33. The summed E-state index contributed by atoms with van der Waals surface area (Å²) in [7, 11) is 0. The third kappa shape index (κ3) is 4.03. The maximum absolute atomic E-state index is 12.6. The Morgan fingerprint density at radius 3 is 2.42 bits per heavy atom. The normalized spacial score (nSPS) is 11.3. The van der Waals surface area contributed by atoms with E-state index < -0.39 is 11.6 Å². The number of esters is 1. The molecule has 0 aliphatic rings. The van der Waals surface area contributed by atoms with Gasteiger partial charge in [-0.3, -0.25) is 4.79 Å². The molecule has 0 saturated carbocycles. The van der Waals surface area contributed by atoms with Crippen LogP contribution in [0, 0.1) is 6.92 Å². The Bertz CT molecular complexity index is 1390. The molecule has 0 radical (unpaired) electrons. The molecule has 3 aromatic carbocycles. The van der Waals surface area contributed by atoms with Crippen molar-refractivity contribution in [1.82, 2.24) is 0 Å². The molecule has 1 aromatic heterocycles. The van der Waals surface area contributed by atoms with E-state index in [1.165, 1.54) is 12.1 Å². The highest BCUT2D eigenvalue weighted by Crippen LogP contribution is 2.29. The number of carbonyl (C=O) groups excluding carboxylic acids is 2. The topological polar surface area (TPSA) is 73.6 Å². The maximum Gasteiger partial charge on any atom is 0.351 e. The van der Waals surface area contributed by atoms with Gasteiger partial charge < -0.3 is 9.15 Å². The molecule has 0 amide bonds. The summed E-state index contributed by atoms with van der Waals surface area (Å²) in [4.78, 5) is 37.0. The largest absolute Gasteiger partial charge is 0.462 e. The van der Waals surface area contributed by atoms with Gasteiger partial charge in [-0.1, -0.05) is 60.2 Å². The highest BCUT2D eigenvalue weighted by atomic mass is 16.5. The summed E-state index contributed by atoms with van der Waals surface area (Å²) >= 11 is 0. The van der Waals surface area contributed by atoms with Crippen molar-refractivity contribution < 1.29 is 18.7 Å². The third-order valence-corrected chi connectivity index (χ3v) is 5.02. The lowest BCUT2D eigenvalue weighted by Gasteiger charge is -2.08. The highest BCUT2D eigenvalue weighted by molar-refractivity contribution is 6.11. The fourth-order valence-electron chi connectivity index (χ4n) is 3.45. The molecule has 154 valence electrons. The first-order valence-corrected chi connectivity index (χ1v) is 9.93. The van der Waals surface area contributed by atoms with E-state index in [1.807, 2.05) is 43.3 Å². The van der Waals surface area contributed by atoms with Gasteiger partial charge in [0.05, 0.1) is 6.61 Å². The molecule has 0 aliphatic heterocycles. The molecule has 0 fully saturated rings. The number of carbonyl (C=O) groups is 2. The van der Waals surface area contributed by atoms with E-state index in [0.717, 1.165) is 21.9 Å². The number of hydrogen-bond acceptors (Lipinski definition) is 5. The van der Waals surface area contributed by atoms with Crippen LogP contribution in [0.25, 0.3) is 27.8 Å².